The van der Waals surface area contributed by atoms with E-state index in [-0.39, 0.29) is 12.0 Å². The molecule has 0 aromatic carbocycles. The molecule has 3 atom stereocenters. The van der Waals surface area contributed by atoms with Crippen LogP contribution in [0.5, 0.6) is 0 Å². The summed E-state index contributed by atoms with van der Waals surface area (Å²) in [6, 6.07) is 0. The number of aromatic nitrogens is 2. The Labute approximate surface area is 178 Å². The van der Waals surface area contributed by atoms with Gasteiger partial charge in [-0.15, -0.1) is 0 Å². The highest BCUT2D eigenvalue weighted by atomic mass is 18.2. The highest BCUT2D eigenvalue weighted by molar-refractivity contribution is 5.70. The van der Waals surface area contributed by atoms with Crippen molar-refractivity contribution in [2.45, 2.75) is 84.6 Å². The van der Waals surface area contributed by atoms with Crippen molar-refractivity contribution in [3.05, 3.63) is 32.6 Å². The van der Waals surface area contributed by atoms with Crippen LogP contribution in [-0.2, 0) is 18.9 Å². The fraction of sp³-hybridized carbons (Fsp3) is 0.700. The van der Waals surface area contributed by atoms with E-state index in [4.69, 9.17) is 18.9 Å². The summed E-state index contributed by atoms with van der Waals surface area (Å²) in [5.41, 5.74) is -3.50. The molecule has 11 heteroatoms. The lowest BCUT2D eigenvalue weighted by Crippen LogP contribution is -2.47. The van der Waals surface area contributed by atoms with Crippen molar-refractivity contribution in [2.75, 3.05) is 6.61 Å². The molecule has 0 aliphatic carbocycles. The maximum Gasteiger partial charge on any atom is 0.508 e. The number of carbonyl (C=O) groups excluding carboxylic acids is 2. The second-order valence-electron chi connectivity index (χ2n) is 9.28. The number of hydrogen-bond donors (Lipinski definition) is 0. The Morgan fingerprint density at radius 2 is 1.71 bits per heavy atom. The topological polar surface area (TPSA) is 115 Å². The number of hydrogen-bond acceptors (Lipinski definition) is 8. The standard InChI is InChI=1S/C20H29FN2O8/c1-11-9-22(16(25)23(15(11)24)17(26)30-19(2,3)4)14-8-12(21)13(29-14)10-28-18(27)31-20(5,6)7/h9,12-14H,8,10H2,1-7H3/t12-,13+,14+/m0/s1/i21-1. The van der Waals surface area contributed by atoms with Gasteiger partial charge in [0.05, 0.1) is 0 Å². The van der Waals surface area contributed by atoms with Crippen LogP contribution >= 0.6 is 0 Å². The maximum absolute atomic E-state index is 14.5. The second-order valence-corrected chi connectivity index (χ2v) is 9.28. The van der Waals surface area contributed by atoms with Crippen LogP contribution in [0.15, 0.2) is 15.8 Å². The number of ether oxygens (including phenoxy) is 4. The Kier molecular flexibility index (Phi) is 6.99. The number of halogens is 1. The highest BCUT2D eigenvalue weighted by Crippen LogP contribution is 2.30. The lowest BCUT2D eigenvalue weighted by Gasteiger charge is -2.21. The molecular formula is C20H29FN2O8. The minimum absolute atomic E-state index is 0.0675. The van der Waals surface area contributed by atoms with Crippen LogP contribution in [0, 0.1) is 6.92 Å². The van der Waals surface area contributed by atoms with Gasteiger partial charge in [0, 0.05) is 18.2 Å². The molecule has 174 valence electrons. The van der Waals surface area contributed by atoms with Crippen LogP contribution in [0.1, 0.15) is 59.8 Å². The van der Waals surface area contributed by atoms with Crippen molar-refractivity contribution in [1.29, 1.82) is 0 Å². The molecule has 1 aliphatic rings. The number of aryl methyl sites for hydroxylation is 1. The molecule has 1 aromatic rings. The Morgan fingerprint density at radius 3 is 2.26 bits per heavy atom. The molecule has 0 spiro atoms. The quantitative estimate of drug-likeness (QED) is 0.655. The Morgan fingerprint density at radius 1 is 1.13 bits per heavy atom. The van der Waals surface area contributed by atoms with Crippen LogP contribution in [0.4, 0.5) is 14.0 Å². The first kappa shape index (κ1) is 24.6. The van der Waals surface area contributed by atoms with Crippen molar-refractivity contribution >= 4 is 12.2 Å². The first-order valence-electron chi connectivity index (χ1n) is 9.82. The third-order valence-corrected chi connectivity index (χ3v) is 4.09. The molecule has 1 fully saturated rings. The van der Waals surface area contributed by atoms with Crippen molar-refractivity contribution in [2.24, 2.45) is 0 Å². The van der Waals surface area contributed by atoms with Crippen LogP contribution in [0.3, 0.4) is 0 Å². The molecule has 2 rings (SSSR count). The molecule has 1 saturated heterocycles. The molecule has 0 saturated carbocycles. The van der Waals surface area contributed by atoms with Crippen LogP contribution in [0.25, 0.3) is 0 Å². The zero-order chi connectivity index (χ0) is 23.7. The molecule has 2 heterocycles. The van der Waals surface area contributed by atoms with E-state index in [0.717, 1.165) is 4.57 Å². The van der Waals surface area contributed by atoms with E-state index in [1.807, 2.05) is 0 Å². The van der Waals surface area contributed by atoms with E-state index in [1.165, 1.54) is 13.1 Å². The van der Waals surface area contributed by atoms with Gasteiger partial charge in [-0.1, -0.05) is 0 Å². The molecule has 1 aromatic heterocycles. The monoisotopic (exact) mass is 443 g/mol. The van der Waals surface area contributed by atoms with Gasteiger partial charge in [0.1, 0.15) is 36.3 Å². The van der Waals surface area contributed by atoms with Gasteiger partial charge < -0.3 is 18.9 Å². The lowest BCUT2D eigenvalue weighted by atomic mass is 10.2. The molecule has 0 amide bonds. The van der Waals surface area contributed by atoms with E-state index in [2.05, 4.69) is 0 Å². The smallest absolute Gasteiger partial charge is 0.443 e. The van der Waals surface area contributed by atoms with E-state index in [9.17, 15) is 23.6 Å². The third-order valence-electron chi connectivity index (χ3n) is 4.09. The number of carbonyl (C=O) groups is 2. The van der Waals surface area contributed by atoms with Crippen molar-refractivity contribution in [3.63, 3.8) is 0 Å². The minimum Gasteiger partial charge on any atom is -0.443 e. The largest absolute Gasteiger partial charge is 0.508 e. The molecule has 1 aliphatic heterocycles. The van der Waals surface area contributed by atoms with Gasteiger partial charge in [0.15, 0.2) is 0 Å². The SMILES string of the molecule is Cc1cn([C@H]2C[C@H]([18F])[C@@H](COC(=O)OC(C)(C)C)O2)c(=O)n(C(=O)OC(C)(C)C)c1=O. The Balaban J connectivity index is 2.22. The van der Waals surface area contributed by atoms with E-state index < -0.39 is 59.8 Å². The van der Waals surface area contributed by atoms with Gasteiger partial charge in [0.25, 0.3) is 5.56 Å². The molecule has 0 unspecified atom stereocenters. The van der Waals surface area contributed by atoms with Gasteiger partial charge in [-0.2, -0.15) is 4.57 Å². The number of alkyl halides is 1. The zero-order valence-electron chi connectivity index (χ0n) is 18.8. The molecule has 31 heavy (non-hydrogen) atoms. The van der Waals surface area contributed by atoms with Gasteiger partial charge in [-0.3, -0.25) is 9.36 Å². The van der Waals surface area contributed by atoms with Gasteiger partial charge in [-0.05, 0) is 48.5 Å². The van der Waals surface area contributed by atoms with Crippen LogP contribution in [-0.4, -0.2) is 51.5 Å². The van der Waals surface area contributed by atoms with Gasteiger partial charge >= 0.3 is 17.9 Å². The predicted octanol–water partition coefficient (Wildman–Crippen LogP) is 2.68. The summed E-state index contributed by atoms with van der Waals surface area (Å²) in [6.45, 7) is 10.7. The lowest BCUT2D eigenvalue weighted by molar-refractivity contribution is -0.0626. The summed E-state index contributed by atoms with van der Waals surface area (Å²) in [4.78, 5) is 49.2. The normalized spacial score (nSPS) is 21.6. The Hall–Kier alpha value is -2.69. The van der Waals surface area contributed by atoms with Gasteiger partial charge in [0.2, 0.25) is 0 Å². The van der Waals surface area contributed by atoms with E-state index in [1.54, 1.807) is 41.5 Å². The van der Waals surface area contributed by atoms with Crippen molar-refractivity contribution < 1.29 is 32.9 Å². The molecule has 10 nitrogen and oxygen atoms in total. The fourth-order valence-electron chi connectivity index (χ4n) is 2.81. The van der Waals surface area contributed by atoms with E-state index in [0.29, 0.717) is 4.57 Å². The van der Waals surface area contributed by atoms with Crippen molar-refractivity contribution in [1.82, 2.24) is 9.13 Å². The number of nitrogens with zero attached hydrogens (tertiary/aromatic N) is 2. The summed E-state index contributed by atoms with van der Waals surface area (Å²) < 4.78 is 36.3. The highest BCUT2D eigenvalue weighted by Gasteiger charge is 2.39. The molecular weight excluding hydrogens is 414 g/mol. The van der Waals surface area contributed by atoms with Gasteiger partial charge in [-0.25, -0.2) is 18.8 Å². The summed E-state index contributed by atoms with van der Waals surface area (Å²) in [5.74, 6) is 0. The maximum atomic E-state index is 14.5. The summed E-state index contributed by atoms with van der Waals surface area (Å²) in [5, 5.41) is 0. The zero-order valence-corrected chi connectivity index (χ0v) is 18.8. The average Bonchev–Trinajstić information content (AvgIpc) is 2.94. The minimum atomic E-state index is -1.55. The predicted molar refractivity (Wildman–Crippen MR) is 107 cm³/mol. The molecule has 0 radical (unpaired) electrons. The second kappa shape index (κ2) is 8.81. The summed E-state index contributed by atoms with van der Waals surface area (Å²) in [7, 11) is 0. The van der Waals surface area contributed by atoms with Crippen LogP contribution < -0.4 is 11.2 Å². The van der Waals surface area contributed by atoms with Crippen LogP contribution in [0.2, 0.25) is 0 Å². The van der Waals surface area contributed by atoms with E-state index >= 15 is 0 Å². The molecule has 0 bridgehead atoms. The summed E-state index contributed by atoms with van der Waals surface area (Å²) >= 11 is 0. The first-order valence-corrected chi connectivity index (χ1v) is 9.82. The average molecular weight is 443 g/mol. The number of rotatable bonds is 3. The first-order chi connectivity index (χ1) is 14.1. The molecule has 0 N–H and O–H groups in total. The summed E-state index contributed by atoms with van der Waals surface area (Å²) in [6.07, 6.45) is -4.97. The van der Waals surface area contributed by atoms with Crippen molar-refractivity contribution in [3.8, 4) is 0 Å². The fourth-order valence-corrected chi connectivity index (χ4v) is 2.81. The third kappa shape index (κ3) is 6.39. The Bertz CT molecular complexity index is 954.